The molecule has 1 N–H and O–H groups in total. The van der Waals surface area contributed by atoms with E-state index in [1.807, 2.05) is 22.6 Å². The summed E-state index contributed by atoms with van der Waals surface area (Å²) >= 11 is 0. The van der Waals surface area contributed by atoms with Crippen molar-refractivity contribution in [3.05, 3.63) is 60.7 Å². The number of anilines is 1. The maximum absolute atomic E-state index is 12.9. The fraction of sp³-hybridized carbons (Fsp3) is 0.263. The molecule has 1 aliphatic rings. The van der Waals surface area contributed by atoms with Gasteiger partial charge in [-0.05, 0) is 43.5 Å². The second-order valence-corrected chi connectivity index (χ2v) is 6.31. The van der Waals surface area contributed by atoms with Gasteiger partial charge in [-0.15, -0.1) is 0 Å². The average molecular weight is 349 g/mol. The lowest BCUT2D eigenvalue weighted by Crippen LogP contribution is -2.50. The van der Waals surface area contributed by atoms with Crippen molar-refractivity contribution in [2.24, 2.45) is 0 Å². The number of hydrogen-bond donors (Lipinski definition) is 1. The Labute approximate surface area is 150 Å². The smallest absolute Gasteiger partial charge is 0.256 e. The van der Waals surface area contributed by atoms with E-state index in [4.69, 9.17) is 0 Å². The molecule has 7 heteroatoms. The Kier molecular flexibility index (Phi) is 4.35. The molecule has 0 saturated carbocycles. The highest BCUT2D eigenvalue weighted by Gasteiger charge is 2.33. The summed E-state index contributed by atoms with van der Waals surface area (Å²) in [5, 5.41) is 2.95. The van der Waals surface area contributed by atoms with E-state index in [0.717, 1.165) is 18.5 Å². The molecule has 0 bridgehead atoms. The minimum atomic E-state index is -0.491. The van der Waals surface area contributed by atoms with Gasteiger partial charge in [-0.1, -0.05) is 6.07 Å². The Balaban J connectivity index is 1.57. The number of nitrogens with zero attached hydrogens (tertiary/aromatic N) is 4. The summed E-state index contributed by atoms with van der Waals surface area (Å²) in [5.41, 5.74) is 1.26. The van der Waals surface area contributed by atoms with Crippen molar-refractivity contribution in [2.75, 3.05) is 11.9 Å². The first-order valence-corrected chi connectivity index (χ1v) is 8.68. The number of imidazole rings is 1. The third-order valence-corrected chi connectivity index (χ3v) is 4.65. The second kappa shape index (κ2) is 6.95. The molecule has 26 heavy (non-hydrogen) atoms. The first kappa shape index (κ1) is 16.3. The van der Waals surface area contributed by atoms with Crippen molar-refractivity contribution in [1.82, 2.24) is 19.3 Å². The van der Waals surface area contributed by atoms with E-state index in [0.29, 0.717) is 24.3 Å². The van der Waals surface area contributed by atoms with E-state index < -0.39 is 6.04 Å². The number of fused-ring (bicyclic) bond motifs is 1. The van der Waals surface area contributed by atoms with Gasteiger partial charge in [-0.3, -0.25) is 19.0 Å². The lowest BCUT2D eigenvalue weighted by Gasteiger charge is -2.34. The SMILES string of the molecule is O=C(Nc1cccc2nccn12)[C@H]1CCCCN1C(=O)c1cccnc1. The molecule has 3 aromatic heterocycles. The summed E-state index contributed by atoms with van der Waals surface area (Å²) in [4.78, 5) is 35.6. The number of rotatable bonds is 3. The van der Waals surface area contributed by atoms with Crippen molar-refractivity contribution in [3.8, 4) is 0 Å². The average Bonchev–Trinajstić information content (AvgIpc) is 3.18. The quantitative estimate of drug-likeness (QED) is 0.787. The van der Waals surface area contributed by atoms with Gasteiger partial charge in [0.15, 0.2) is 0 Å². The van der Waals surface area contributed by atoms with Crippen molar-refractivity contribution in [2.45, 2.75) is 25.3 Å². The third-order valence-electron chi connectivity index (χ3n) is 4.65. The molecule has 1 fully saturated rings. The van der Waals surface area contributed by atoms with Gasteiger partial charge in [0, 0.05) is 31.3 Å². The van der Waals surface area contributed by atoms with Crippen LogP contribution in [0.15, 0.2) is 55.1 Å². The summed E-state index contributed by atoms with van der Waals surface area (Å²) in [7, 11) is 0. The summed E-state index contributed by atoms with van der Waals surface area (Å²) in [6, 6.07) is 8.50. The van der Waals surface area contributed by atoms with Crippen molar-refractivity contribution in [3.63, 3.8) is 0 Å². The monoisotopic (exact) mass is 349 g/mol. The van der Waals surface area contributed by atoms with Gasteiger partial charge in [0.25, 0.3) is 5.91 Å². The Morgan fingerprint density at radius 1 is 1.12 bits per heavy atom. The van der Waals surface area contributed by atoms with Gasteiger partial charge in [0.05, 0.1) is 5.56 Å². The molecule has 1 saturated heterocycles. The zero-order valence-corrected chi connectivity index (χ0v) is 14.2. The fourth-order valence-corrected chi connectivity index (χ4v) is 3.36. The normalized spacial score (nSPS) is 17.2. The highest BCUT2D eigenvalue weighted by molar-refractivity contribution is 6.01. The van der Waals surface area contributed by atoms with Crippen LogP contribution in [0.1, 0.15) is 29.6 Å². The number of hydrogen-bond acceptors (Lipinski definition) is 4. The molecule has 4 heterocycles. The molecule has 132 valence electrons. The largest absolute Gasteiger partial charge is 0.327 e. The van der Waals surface area contributed by atoms with Crippen LogP contribution in [0.2, 0.25) is 0 Å². The van der Waals surface area contributed by atoms with Gasteiger partial charge >= 0.3 is 0 Å². The highest BCUT2D eigenvalue weighted by atomic mass is 16.2. The van der Waals surface area contributed by atoms with Crippen LogP contribution in [0, 0.1) is 0 Å². The molecule has 0 aliphatic carbocycles. The minimum absolute atomic E-state index is 0.154. The third kappa shape index (κ3) is 3.03. The number of piperidine rings is 1. The Hall–Kier alpha value is -3.22. The molecule has 3 aromatic rings. The number of likely N-dealkylation sites (tertiary alicyclic amines) is 1. The zero-order valence-electron chi connectivity index (χ0n) is 14.2. The maximum atomic E-state index is 12.9. The van der Waals surface area contributed by atoms with E-state index in [1.165, 1.54) is 6.20 Å². The van der Waals surface area contributed by atoms with Crippen LogP contribution in [-0.4, -0.2) is 43.7 Å². The lowest BCUT2D eigenvalue weighted by molar-refractivity contribution is -0.121. The molecule has 0 unspecified atom stereocenters. The van der Waals surface area contributed by atoms with Crippen LogP contribution in [0.25, 0.3) is 5.65 Å². The van der Waals surface area contributed by atoms with E-state index in [2.05, 4.69) is 15.3 Å². The predicted molar refractivity (Wildman–Crippen MR) is 96.7 cm³/mol. The first-order valence-electron chi connectivity index (χ1n) is 8.68. The lowest BCUT2D eigenvalue weighted by atomic mass is 10.00. The maximum Gasteiger partial charge on any atom is 0.256 e. The molecule has 1 atom stereocenters. The molecule has 0 aromatic carbocycles. The molecular formula is C19H19N5O2. The number of pyridine rings is 2. The van der Waals surface area contributed by atoms with Crippen LogP contribution in [0.5, 0.6) is 0 Å². The van der Waals surface area contributed by atoms with Crippen molar-refractivity contribution < 1.29 is 9.59 Å². The minimum Gasteiger partial charge on any atom is -0.327 e. The van der Waals surface area contributed by atoms with Gasteiger partial charge in [-0.25, -0.2) is 4.98 Å². The number of aromatic nitrogens is 3. The van der Waals surface area contributed by atoms with E-state index in [9.17, 15) is 9.59 Å². The van der Waals surface area contributed by atoms with Crippen LogP contribution < -0.4 is 5.32 Å². The zero-order chi connectivity index (χ0) is 17.9. The predicted octanol–water partition coefficient (Wildman–Crippen LogP) is 2.36. The van der Waals surface area contributed by atoms with Gasteiger partial charge in [-0.2, -0.15) is 0 Å². The molecule has 7 nitrogen and oxygen atoms in total. The number of amides is 2. The molecule has 2 amide bonds. The standard InChI is InChI=1S/C19H19N5O2/c25-18(22-17-8-3-7-16-21-10-12-24(16)17)15-6-1-2-11-23(15)19(26)14-5-4-9-20-13-14/h3-5,7-10,12-13,15H,1-2,6,11H2,(H,22,25)/t15-/m1/s1. The summed E-state index contributed by atoms with van der Waals surface area (Å²) in [5.74, 6) is 0.311. The Morgan fingerprint density at radius 2 is 2.04 bits per heavy atom. The van der Waals surface area contributed by atoms with Gasteiger partial charge in [0.2, 0.25) is 5.91 Å². The molecule has 4 rings (SSSR count). The summed E-state index contributed by atoms with van der Waals surface area (Å²) in [6.07, 6.45) is 9.12. The number of carbonyl (C=O) groups excluding carboxylic acids is 2. The number of carbonyl (C=O) groups is 2. The molecular weight excluding hydrogens is 330 g/mol. The molecule has 1 aliphatic heterocycles. The van der Waals surface area contributed by atoms with Crippen LogP contribution >= 0.6 is 0 Å². The Morgan fingerprint density at radius 3 is 2.88 bits per heavy atom. The fourth-order valence-electron chi connectivity index (χ4n) is 3.36. The van der Waals surface area contributed by atoms with Gasteiger partial charge in [0.1, 0.15) is 17.5 Å². The van der Waals surface area contributed by atoms with Crippen molar-refractivity contribution in [1.29, 1.82) is 0 Å². The summed E-state index contributed by atoms with van der Waals surface area (Å²) in [6.45, 7) is 0.571. The Bertz CT molecular complexity index is 937. The first-order chi connectivity index (χ1) is 12.7. The summed E-state index contributed by atoms with van der Waals surface area (Å²) < 4.78 is 1.81. The highest BCUT2D eigenvalue weighted by Crippen LogP contribution is 2.21. The van der Waals surface area contributed by atoms with Crippen LogP contribution in [0.4, 0.5) is 5.82 Å². The van der Waals surface area contributed by atoms with Gasteiger partial charge < -0.3 is 10.2 Å². The molecule has 0 spiro atoms. The number of nitrogens with one attached hydrogen (secondary N) is 1. The van der Waals surface area contributed by atoms with E-state index >= 15 is 0 Å². The van der Waals surface area contributed by atoms with Crippen molar-refractivity contribution >= 4 is 23.3 Å². The van der Waals surface area contributed by atoms with Crippen LogP contribution in [-0.2, 0) is 4.79 Å². The van der Waals surface area contributed by atoms with E-state index in [-0.39, 0.29) is 11.8 Å². The topological polar surface area (TPSA) is 79.6 Å². The second-order valence-electron chi connectivity index (χ2n) is 6.31. The van der Waals surface area contributed by atoms with E-state index in [1.54, 1.807) is 35.6 Å². The van der Waals surface area contributed by atoms with Crippen LogP contribution in [0.3, 0.4) is 0 Å². The molecule has 0 radical (unpaired) electrons.